The molecule has 0 saturated carbocycles. The minimum Gasteiger partial charge on any atom is -0.346 e. The van der Waals surface area contributed by atoms with Crippen molar-refractivity contribution < 1.29 is 9.59 Å². The number of amides is 1. The van der Waals surface area contributed by atoms with E-state index in [1.165, 1.54) is 0 Å². The van der Waals surface area contributed by atoms with Crippen molar-refractivity contribution in [3.63, 3.8) is 0 Å². The van der Waals surface area contributed by atoms with Gasteiger partial charge in [-0.3, -0.25) is 19.5 Å². The lowest BCUT2D eigenvalue weighted by atomic mass is 10.1. The molecular formula is C21H28N4O2. The molecule has 0 unspecified atom stereocenters. The van der Waals surface area contributed by atoms with Crippen LogP contribution in [-0.4, -0.2) is 63.8 Å². The topological polar surface area (TPSA) is 58.4 Å². The molecule has 2 aromatic heterocycles. The Labute approximate surface area is 160 Å². The second-order valence-corrected chi connectivity index (χ2v) is 7.48. The van der Waals surface area contributed by atoms with Gasteiger partial charge in [-0.1, -0.05) is 0 Å². The van der Waals surface area contributed by atoms with Gasteiger partial charge in [-0.25, -0.2) is 0 Å². The first kappa shape index (κ1) is 19.3. The first-order valence-electron chi connectivity index (χ1n) is 9.51. The van der Waals surface area contributed by atoms with Crippen LogP contribution < -0.4 is 0 Å². The van der Waals surface area contributed by atoms with Gasteiger partial charge in [0, 0.05) is 67.1 Å². The fourth-order valence-corrected chi connectivity index (χ4v) is 3.93. The average Bonchev–Trinajstić information content (AvgIpc) is 2.97. The molecule has 0 aliphatic carbocycles. The number of aryl methyl sites for hydroxylation is 1. The summed E-state index contributed by atoms with van der Waals surface area (Å²) in [5.41, 5.74) is 3.64. The van der Waals surface area contributed by atoms with Crippen LogP contribution in [-0.2, 0) is 0 Å². The molecule has 3 heterocycles. The number of hydrogen-bond donors (Lipinski definition) is 0. The average molecular weight is 368 g/mol. The zero-order valence-electron chi connectivity index (χ0n) is 16.6. The molecule has 1 aliphatic heterocycles. The molecule has 1 fully saturated rings. The van der Waals surface area contributed by atoms with Crippen LogP contribution in [0.5, 0.6) is 0 Å². The zero-order chi connectivity index (χ0) is 19.6. The molecule has 2 aromatic rings. The van der Waals surface area contributed by atoms with Crippen molar-refractivity contribution in [3.8, 4) is 0 Å². The van der Waals surface area contributed by atoms with E-state index in [0.29, 0.717) is 44.3 Å². The van der Waals surface area contributed by atoms with E-state index in [4.69, 9.17) is 0 Å². The largest absolute Gasteiger partial charge is 0.346 e. The lowest BCUT2D eigenvalue weighted by Gasteiger charge is -2.34. The zero-order valence-corrected chi connectivity index (χ0v) is 16.6. The lowest BCUT2D eigenvalue weighted by molar-refractivity contribution is 0.0624. The van der Waals surface area contributed by atoms with Gasteiger partial charge in [0.05, 0.1) is 6.54 Å². The van der Waals surface area contributed by atoms with E-state index in [1.807, 2.05) is 24.8 Å². The van der Waals surface area contributed by atoms with Crippen molar-refractivity contribution in [2.45, 2.75) is 33.7 Å². The summed E-state index contributed by atoms with van der Waals surface area (Å²) < 4.78 is 2.21. The summed E-state index contributed by atoms with van der Waals surface area (Å²) in [4.78, 5) is 33.3. The van der Waals surface area contributed by atoms with Gasteiger partial charge in [-0.15, -0.1) is 0 Å². The molecular weight excluding hydrogens is 340 g/mol. The van der Waals surface area contributed by atoms with Crippen molar-refractivity contribution >= 4 is 11.7 Å². The van der Waals surface area contributed by atoms with Crippen molar-refractivity contribution in [2.75, 3.05) is 32.7 Å². The van der Waals surface area contributed by atoms with Crippen LogP contribution in [0.1, 0.15) is 52.0 Å². The number of rotatable bonds is 5. The number of piperazine rings is 1. The summed E-state index contributed by atoms with van der Waals surface area (Å²) in [6.45, 7) is 11.4. The van der Waals surface area contributed by atoms with Gasteiger partial charge in [0.25, 0.3) is 5.91 Å². The van der Waals surface area contributed by atoms with E-state index in [0.717, 1.165) is 17.0 Å². The molecule has 0 bridgehead atoms. The summed E-state index contributed by atoms with van der Waals surface area (Å²) in [5.74, 6) is 0.188. The van der Waals surface area contributed by atoms with E-state index in [-0.39, 0.29) is 11.7 Å². The number of ketones is 1. The molecule has 1 saturated heterocycles. The minimum absolute atomic E-state index is 0.0313. The molecule has 0 aromatic carbocycles. The first-order chi connectivity index (χ1) is 12.9. The van der Waals surface area contributed by atoms with Crippen molar-refractivity contribution in [2.24, 2.45) is 0 Å². The highest BCUT2D eigenvalue weighted by Gasteiger charge is 2.25. The molecule has 144 valence electrons. The number of carbonyl (C=O) groups is 2. The maximum Gasteiger partial charge on any atom is 0.254 e. The summed E-state index contributed by atoms with van der Waals surface area (Å²) in [5, 5.41) is 0. The molecule has 0 atom stereocenters. The van der Waals surface area contributed by atoms with Gasteiger partial charge >= 0.3 is 0 Å². The normalized spacial score (nSPS) is 15.4. The second-order valence-electron chi connectivity index (χ2n) is 7.48. The molecule has 1 aliphatic rings. The highest BCUT2D eigenvalue weighted by atomic mass is 16.2. The summed E-state index contributed by atoms with van der Waals surface area (Å²) in [6.07, 6.45) is 3.27. The van der Waals surface area contributed by atoms with Crippen LogP contribution in [0.15, 0.2) is 30.6 Å². The van der Waals surface area contributed by atoms with Crippen LogP contribution in [0.3, 0.4) is 0 Å². The number of nitrogens with zero attached hydrogens (tertiary/aromatic N) is 4. The fraction of sp³-hybridized carbons (Fsp3) is 0.476. The SMILES string of the molecule is Cc1cc(C(=O)CN2CCN(C(=O)c3ccncc3)CC2)c(C)n1C(C)C. The van der Waals surface area contributed by atoms with Gasteiger partial charge in [-0.05, 0) is 45.9 Å². The molecule has 0 radical (unpaired) electrons. The Balaban J connectivity index is 1.59. The van der Waals surface area contributed by atoms with E-state index in [9.17, 15) is 9.59 Å². The van der Waals surface area contributed by atoms with E-state index >= 15 is 0 Å². The van der Waals surface area contributed by atoms with Gasteiger partial charge < -0.3 is 9.47 Å². The van der Waals surface area contributed by atoms with E-state index < -0.39 is 0 Å². The van der Waals surface area contributed by atoms with Gasteiger partial charge in [0.15, 0.2) is 5.78 Å². The highest BCUT2D eigenvalue weighted by Crippen LogP contribution is 2.21. The van der Waals surface area contributed by atoms with Crippen LogP contribution in [0.25, 0.3) is 0 Å². The van der Waals surface area contributed by atoms with Crippen LogP contribution in [0, 0.1) is 13.8 Å². The molecule has 6 heteroatoms. The minimum atomic E-state index is 0.0313. The number of carbonyl (C=O) groups excluding carboxylic acids is 2. The quantitative estimate of drug-likeness (QED) is 0.762. The Morgan fingerprint density at radius 3 is 2.26 bits per heavy atom. The Morgan fingerprint density at radius 1 is 1.07 bits per heavy atom. The van der Waals surface area contributed by atoms with Gasteiger partial charge in [0.2, 0.25) is 0 Å². The van der Waals surface area contributed by atoms with Crippen LogP contribution >= 0.6 is 0 Å². The van der Waals surface area contributed by atoms with Crippen LogP contribution in [0.4, 0.5) is 0 Å². The first-order valence-corrected chi connectivity index (χ1v) is 9.51. The summed E-state index contributed by atoms with van der Waals surface area (Å²) >= 11 is 0. The summed E-state index contributed by atoms with van der Waals surface area (Å²) in [7, 11) is 0. The summed E-state index contributed by atoms with van der Waals surface area (Å²) in [6, 6.07) is 5.82. The predicted octanol–water partition coefficient (Wildman–Crippen LogP) is 2.72. The Morgan fingerprint density at radius 2 is 1.70 bits per heavy atom. The third-order valence-electron chi connectivity index (χ3n) is 5.26. The second kappa shape index (κ2) is 8.05. The smallest absolute Gasteiger partial charge is 0.254 e. The third kappa shape index (κ3) is 4.11. The van der Waals surface area contributed by atoms with E-state index in [2.05, 4.69) is 28.3 Å². The third-order valence-corrected chi connectivity index (χ3v) is 5.26. The fourth-order valence-electron chi connectivity index (χ4n) is 3.93. The monoisotopic (exact) mass is 368 g/mol. The lowest BCUT2D eigenvalue weighted by Crippen LogP contribution is -2.49. The van der Waals surface area contributed by atoms with Crippen LogP contribution in [0.2, 0.25) is 0 Å². The van der Waals surface area contributed by atoms with Gasteiger partial charge in [0.1, 0.15) is 0 Å². The van der Waals surface area contributed by atoms with Crippen molar-refractivity contribution in [1.29, 1.82) is 0 Å². The molecule has 0 spiro atoms. The number of hydrogen-bond acceptors (Lipinski definition) is 4. The highest BCUT2D eigenvalue weighted by molar-refractivity contribution is 5.99. The maximum atomic E-state index is 12.8. The number of Topliss-reactive ketones (excluding diaryl/α,β-unsaturated/α-hetero) is 1. The van der Waals surface area contributed by atoms with E-state index in [1.54, 1.807) is 24.5 Å². The Bertz CT molecular complexity index is 818. The number of aromatic nitrogens is 2. The molecule has 27 heavy (non-hydrogen) atoms. The molecule has 6 nitrogen and oxygen atoms in total. The predicted molar refractivity (Wildman–Crippen MR) is 105 cm³/mol. The van der Waals surface area contributed by atoms with Crippen molar-refractivity contribution in [1.82, 2.24) is 19.4 Å². The standard InChI is InChI=1S/C21H28N4O2/c1-15(2)25-16(3)13-19(17(25)4)20(26)14-23-9-11-24(12-10-23)21(27)18-5-7-22-8-6-18/h5-8,13,15H,9-12,14H2,1-4H3. The van der Waals surface area contributed by atoms with Crippen molar-refractivity contribution in [3.05, 3.63) is 53.1 Å². The Kier molecular flexibility index (Phi) is 5.75. The maximum absolute atomic E-state index is 12.8. The number of pyridine rings is 1. The molecule has 3 rings (SSSR count). The van der Waals surface area contributed by atoms with Gasteiger partial charge in [-0.2, -0.15) is 0 Å². The molecule has 1 amide bonds. The Hall–Kier alpha value is -2.47. The molecule has 0 N–H and O–H groups in total.